The van der Waals surface area contributed by atoms with E-state index in [2.05, 4.69) is 59.6 Å². The van der Waals surface area contributed by atoms with Gasteiger partial charge in [0.2, 0.25) is 0 Å². The number of nitrogens with one attached hydrogen (secondary N) is 1. The van der Waals surface area contributed by atoms with Gasteiger partial charge in [-0.15, -0.1) is 0 Å². The van der Waals surface area contributed by atoms with E-state index in [1.807, 2.05) is 13.1 Å². The number of benzene rings is 1. The van der Waals surface area contributed by atoms with Gasteiger partial charge in [-0.1, -0.05) is 72.8 Å². The van der Waals surface area contributed by atoms with Crippen LogP contribution in [0, 0.1) is 5.82 Å². The molecule has 0 aliphatic heterocycles. The Labute approximate surface area is 160 Å². The van der Waals surface area contributed by atoms with Gasteiger partial charge in [0, 0.05) is 5.56 Å². The first-order chi connectivity index (χ1) is 11.5. The average molecular weight is 398 g/mol. The Morgan fingerprint density at radius 3 is 1.92 bits per heavy atom. The van der Waals surface area contributed by atoms with Gasteiger partial charge >= 0.3 is 5.97 Å². The van der Waals surface area contributed by atoms with Crippen molar-refractivity contribution in [2.45, 2.75) is 83.8 Å². The molecule has 1 N–H and O–H groups in total. The molecular weight excluding hydrogens is 361 g/mol. The number of hydrogen-bond donors (Lipinski definition) is 1. The molecule has 0 spiro atoms. The van der Waals surface area contributed by atoms with Gasteiger partial charge in [0.05, 0.1) is 0 Å². The standard InChI is InChI=1S/C20H36FNO2Si2/c1-19(2,3)25(7,8)22-17(15-13-11-12-14-16(15)21)18(23)24-26(9,10)20(4,5)6/h11-14,17,22H,1-10H3. The molecule has 148 valence electrons. The molecule has 0 radical (unpaired) electrons. The fourth-order valence-electron chi connectivity index (χ4n) is 2.01. The van der Waals surface area contributed by atoms with Gasteiger partial charge in [0.15, 0.2) is 0 Å². The van der Waals surface area contributed by atoms with E-state index in [9.17, 15) is 9.18 Å². The van der Waals surface area contributed by atoms with Crippen LogP contribution in [0.25, 0.3) is 0 Å². The number of carbonyl (C=O) groups is 1. The second kappa shape index (κ2) is 7.56. The molecule has 0 saturated carbocycles. The molecule has 0 amide bonds. The lowest BCUT2D eigenvalue weighted by Crippen LogP contribution is -2.56. The predicted octanol–water partition coefficient (Wildman–Crippen LogP) is 6.01. The van der Waals surface area contributed by atoms with Crippen molar-refractivity contribution < 1.29 is 13.6 Å². The van der Waals surface area contributed by atoms with Crippen LogP contribution in [0.5, 0.6) is 0 Å². The summed E-state index contributed by atoms with van der Waals surface area (Å²) in [5, 5.41) is -0.0901. The Hall–Kier alpha value is -0.986. The van der Waals surface area contributed by atoms with Crippen molar-refractivity contribution in [1.29, 1.82) is 0 Å². The first kappa shape index (κ1) is 23.1. The molecular formula is C20H36FNO2Si2. The zero-order valence-corrected chi connectivity index (χ0v) is 20.1. The lowest BCUT2D eigenvalue weighted by Gasteiger charge is -2.41. The van der Waals surface area contributed by atoms with E-state index in [0.29, 0.717) is 5.56 Å². The van der Waals surface area contributed by atoms with Crippen LogP contribution < -0.4 is 4.98 Å². The Morgan fingerprint density at radius 2 is 1.50 bits per heavy atom. The van der Waals surface area contributed by atoms with E-state index < -0.39 is 22.6 Å². The van der Waals surface area contributed by atoms with Gasteiger partial charge < -0.3 is 9.41 Å². The summed E-state index contributed by atoms with van der Waals surface area (Å²) in [6.45, 7) is 21.1. The maximum Gasteiger partial charge on any atom is 0.313 e. The summed E-state index contributed by atoms with van der Waals surface area (Å²) < 4.78 is 20.5. The van der Waals surface area contributed by atoms with Crippen LogP contribution in [0.4, 0.5) is 4.39 Å². The topological polar surface area (TPSA) is 38.3 Å². The van der Waals surface area contributed by atoms with Crippen LogP contribution in [0.2, 0.25) is 36.3 Å². The molecule has 1 aromatic rings. The van der Waals surface area contributed by atoms with Crippen molar-refractivity contribution in [3.63, 3.8) is 0 Å². The largest absolute Gasteiger partial charge is 0.518 e. The first-order valence-electron chi connectivity index (χ1n) is 9.24. The Bertz CT molecular complexity index is 646. The van der Waals surface area contributed by atoms with Crippen LogP contribution in [-0.2, 0) is 9.22 Å². The molecule has 0 aliphatic rings. The molecule has 6 heteroatoms. The number of carbonyl (C=O) groups excluding carboxylic acids is 1. The van der Waals surface area contributed by atoms with Crippen molar-refractivity contribution in [1.82, 2.24) is 4.98 Å². The van der Waals surface area contributed by atoms with Crippen LogP contribution >= 0.6 is 0 Å². The maximum atomic E-state index is 14.5. The third-order valence-corrected chi connectivity index (χ3v) is 15.1. The number of rotatable bonds is 5. The summed E-state index contributed by atoms with van der Waals surface area (Å²) >= 11 is 0. The highest BCUT2D eigenvalue weighted by Crippen LogP contribution is 2.39. The van der Waals surface area contributed by atoms with Crippen molar-refractivity contribution >= 4 is 22.5 Å². The van der Waals surface area contributed by atoms with E-state index in [-0.39, 0.29) is 21.9 Å². The first-order valence-corrected chi connectivity index (χ1v) is 15.2. The van der Waals surface area contributed by atoms with Gasteiger partial charge in [0.1, 0.15) is 20.1 Å². The summed E-state index contributed by atoms with van der Waals surface area (Å²) in [5.41, 5.74) is 0.362. The van der Waals surface area contributed by atoms with Gasteiger partial charge in [-0.25, -0.2) is 4.39 Å². The molecule has 1 aromatic carbocycles. The number of halogens is 1. The summed E-state index contributed by atoms with van der Waals surface area (Å²) in [6.07, 6.45) is 0. The fourth-order valence-corrected chi connectivity index (χ4v) is 4.37. The average Bonchev–Trinajstić information content (AvgIpc) is 2.42. The van der Waals surface area contributed by atoms with E-state index in [1.54, 1.807) is 18.2 Å². The molecule has 3 nitrogen and oxygen atoms in total. The molecule has 0 aliphatic carbocycles. The molecule has 0 aromatic heterocycles. The minimum Gasteiger partial charge on any atom is -0.518 e. The third-order valence-electron chi connectivity index (χ3n) is 5.99. The quantitative estimate of drug-likeness (QED) is 0.618. The van der Waals surface area contributed by atoms with E-state index in [1.165, 1.54) is 6.07 Å². The van der Waals surface area contributed by atoms with Crippen molar-refractivity contribution in [2.24, 2.45) is 0 Å². The van der Waals surface area contributed by atoms with Gasteiger partial charge in [-0.05, 0) is 29.2 Å². The van der Waals surface area contributed by atoms with Crippen LogP contribution in [0.15, 0.2) is 24.3 Å². The molecule has 0 fully saturated rings. The lowest BCUT2D eigenvalue weighted by molar-refractivity contribution is -0.137. The third kappa shape index (κ3) is 5.27. The highest BCUT2D eigenvalue weighted by Gasteiger charge is 2.44. The second-order valence-electron chi connectivity index (χ2n) is 10.2. The molecule has 0 bridgehead atoms. The molecule has 0 saturated heterocycles. The Kier molecular flexibility index (Phi) is 6.70. The Balaban J connectivity index is 3.30. The second-order valence-corrected chi connectivity index (χ2v) is 19.9. The Morgan fingerprint density at radius 1 is 1.00 bits per heavy atom. The molecule has 1 rings (SSSR count). The minimum atomic E-state index is -2.30. The fraction of sp³-hybridized carbons (Fsp3) is 0.650. The number of hydrogen-bond acceptors (Lipinski definition) is 3. The zero-order chi connectivity index (χ0) is 20.6. The summed E-state index contributed by atoms with van der Waals surface area (Å²) in [5.74, 6) is -0.748. The summed E-state index contributed by atoms with van der Waals surface area (Å²) in [4.78, 5) is 16.7. The molecule has 1 atom stereocenters. The monoisotopic (exact) mass is 397 g/mol. The smallest absolute Gasteiger partial charge is 0.313 e. The van der Waals surface area contributed by atoms with Crippen molar-refractivity contribution in [3.8, 4) is 0 Å². The van der Waals surface area contributed by atoms with E-state index >= 15 is 0 Å². The van der Waals surface area contributed by atoms with Crippen molar-refractivity contribution in [3.05, 3.63) is 35.6 Å². The van der Waals surface area contributed by atoms with Gasteiger partial charge in [-0.2, -0.15) is 0 Å². The lowest BCUT2D eigenvalue weighted by atomic mass is 10.1. The molecule has 26 heavy (non-hydrogen) atoms. The van der Waals surface area contributed by atoms with Crippen molar-refractivity contribution in [2.75, 3.05) is 0 Å². The zero-order valence-electron chi connectivity index (χ0n) is 18.1. The highest BCUT2D eigenvalue weighted by atomic mass is 28.4. The van der Waals surface area contributed by atoms with Crippen LogP contribution in [-0.4, -0.2) is 22.5 Å². The molecule has 1 unspecified atom stereocenters. The van der Waals surface area contributed by atoms with Crippen LogP contribution in [0.1, 0.15) is 53.1 Å². The summed E-state index contributed by atoms with van der Waals surface area (Å²) in [6, 6.07) is 5.69. The minimum absolute atomic E-state index is 0.00770. The summed E-state index contributed by atoms with van der Waals surface area (Å²) in [7, 11) is -4.36. The highest BCUT2D eigenvalue weighted by molar-refractivity contribution is 6.78. The van der Waals surface area contributed by atoms with E-state index in [4.69, 9.17) is 4.43 Å². The normalized spacial score (nSPS) is 14.9. The van der Waals surface area contributed by atoms with Gasteiger partial charge in [0.25, 0.3) is 8.32 Å². The maximum absolute atomic E-state index is 14.5. The van der Waals surface area contributed by atoms with Crippen LogP contribution in [0.3, 0.4) is 0 Å². The van der Waals surface area contributed by atoms with Gasteiger partial charge in [-0.3, -0.25) is 4.79 Å². The SMILES string of the molecule is CC(C)(C)[Si](C)(C)NC(C(=O)O[Si](C)(C)C(C)(C)C)c1ccccc1F. The predicted molar refractivity (Wildman–Crippen MR) is 113 cm³/mol. The molecule has 0 heterocycles. The van der Waals surface area contributed by atoms with E-state index in [0.717, 1.165) is 0 Å².